The quantitative estimate of drug-likeness (QED) is 0.557. The first-order valence-corrected chi connectivity index (χ1v) is 4.49. The average Bonchev–Trinajstić information content (AvgIpc) is 2.32. The van der Waals surface area contributed by atoms with Gasteiger partial charge in [-0.15, -0.1) is 0 Å². The van der Waals surface area contributed by atoms with Crippen molar-refractivity contribution in [3.8, 4) is 0 Å². The Morgan fingerprint density at radius 2 is 2.00 bits per heavy atom. The van der Waals surface area contributed by atoms with Crippen LogP contribution in [0.1, 0.15) is 40.5 Å². The van der Waals surface area contributed by atoms with Crippen LogP contribution in [0.3, 0.4) is 0 Å². The highest BCUT2D eigenvalue weighted by atomic mass is 16.5. The summed E-state index contributed by atoms with van der Waals surface area (Å²) in [5, 5.41) is 8.44. The van der Waals surface area contributed by atoms with Crippen LogP contribution in [0.15, 0.2) is 10.2 Å². The Hall–Kier alpha value is -0.440. The predicted molar refractivity (Wildman–Crippen MR) is 48.2 cm³/mol. The third-order valence-electron chi connectivity index (χ3n) is 1.76. The third-order valence-corrected chi connectivity index (χ3v) is 1.76. The van der Waals surface area contributed by atoms with Crippen molar-refractivity contribution in [3.05, 3.63) is 0 Å². The molecule has 0 aromatic carbocycles. The van der Waals surface area contributed by atoms with Crippen LogP contribution in [0, 0.1) is 0 Å². The highest BCUT2D eigenvalue weighted by molar-refractivity contribution is 4.77. The smallest absolute Gasteiger partial charge is 0.176 e. The fourth-order valence-corrected chi connectivity index (χ4v) is 1.10. The number of hydrogen-bond acceptors (Lipinski definition) is 3. The standard InChI is InChI=1S/C9H18N2O/c1-8(2,3)10-11-9(4)6-5-7-12-9/h5-7H2,1-4H3. The van der Waals surface area contributed by atoms with Crippen molar-refractivity contribution in [1.29, 1.82) is 0 Å². The summed E-state index contributed by atoms with van der Waals surface area (Å²) in [6.07, 6.45) is 2.09. The zero-order valence-corrected chi connectivity index (χ0v) is 8.42. The number of hydrogen-bond donors (Lipinski definition) is 0. The predicted octanol–water partition coefficient (Wildman–Crippen LogP) is 2.76. The number of ether oxygens (including phenoxy) is 1. The van der Waals surface area contributed by atoms with Gasteiger partial charge in [0, 0.05) is 13.0 Å². The van der Waals surface area contributed by atoms with E-state index >= 15 is 0 Å². The monoisotopic (exact) mass is 170 g/mol. The van der Waals surface area contributed by atoms with Gasteiger partial charge in [0.2, 0.25) is 0 Å². The molecule has 1 unspecified atom stereocenters. The molecule has 0 spiro atoms. The van der Waals surface area contributed by atoms with E-state index in [-0.39, 0.29) is 11.3 Å². The topological polar surface area (TPSA) is 34.0 Å². The van der Waals surface area contributed by atoms with Gasteiger partial charge in [-0.25, -0.2) is 0 Å². The molecule has 0 radical (unpaired) electrons. The van der Waals surface area contributed by atoms with E-state index in [2.05, 4.69) is 10.2 Å². The molecule has 0 N–H and O–H groups in total. The molecule has 0 aliphatic carbocycles. The maximum Gasteiger partial charge on any atom is 0.176 e. The Bertz CT molecular complexity index is 175. The van der Waals surface area contributed by atoms with Crippen molar-refractivity contribution in [1.82, 2.24) is 0 Å². The van der Waals surface area contributed by atoms with Gasteiger partial charge >= 0.3 is 0 Å². The minimum Gasteiger partial charge on any atom is -0.352 e. The molecule has 1 saturated heterocycles. The van der Waals surface area contributed by atoms with Crippen molar-refractivity contribution in [3.63, 3.8) is 0 Å². The van der Waals surface area contributed by atoms with E-state index in [1.54, 1.807) is 0 Å². The van der Waals surface area contributed by atoms with Crippen LogP contribution in [-0.2, 0) is 4.74 Å². The van der Waals surface area contributed by atoms with E-state index in [0.717, 1.165) is 19.4 Å². The number of rotatable bonds is 1. The maximum absolute atomic E-state index is 5.48. The lowest BCUT2D eigenvalue weighted by Crippen LogP contribution is -2.20. The van der Waals surface area contributed by atoms with Crippen LogP contribution in [0.2, 0.25) is 0 Å². The van der Waals surface area contributed by atoms with Crippen LogP contribution >= 0.6 is 0 Å². The Labute approximate surface area is 74.2 Å². The van der Waals surface area contributed by atoms with Crippen LogP contribution in [0.25, 0.3) is 0 Å². The van der Waals surface area contributed by atoms with Gasteiger partial charge in [0.05, 0.1) is 5.54 Å². The van der Waals surface area contributed by atoms with E-state index in [0.29, 0.717) is 0 Å². The van der Waals surface area contributed by atoms with Crippen molar-refractivity contribution in [2.24, 2.45) is 10.2 Å². The molecule has 1 atom stereocenters. The summed E-state index contributed by atoms with van der Waals surface area (Å²) in [6, 6.07) is 0. The third kappa shape index (κ3) is 2.89. The molecule has 1 rings (SSSR count). The summed E-state index contributed by atoms with van der Waals surface area (Å²) in [6.45, 7) is 8.92. The second-order valence-corrected chi connectivity index (χ2v) is 4.50. The fraction of sp³-hybridized carbons (Fsp3) is 1.00. The summed E-state index contributed by atoms with van der Waals surface area (Å²) in [4.78, 5) is 0. The lowest BCUT2D eigenvalue weighted by Gasteiger charge is -2.18. The zero-order valence-electron chi connectivity index (χ0n) is 8.42. The van der Waals surface area contributed by atoms with Crippen molar-refractivity contribution >= 4 is 0 Å². The molecule has 0 saturated carbocycles. The van der Waals surface area contributed by atoms with Crippen LogP contribution in [-0.4, -0.2) is 17.9 Å². The van der Waals surface area contributed by atoms with Crippen molar-refractivity contribution in [2.45, 2.75) is 51.8 Å². The van der Waals surface area contributed by atoms with Gasteiger partial charge in [-0.2, -0.15) is 10.2 Å². The minimum atomic E-state index is -0.340. The van der Waals surface area contributed by atoms with Gasteiger partial charge in [-0.1, -0.05) is 0 Å². The molecule has 1 fully saturated rings. The molecule has 0 aromatic heterocycles. The molecule has 70 valence electrons. The molecule has 12 heavy (non-hydrogen) atoms. The molecule has 0 amide bonds. The SMILES string of the molecule is CC(C)(C)N=NC1(C)CCCO1. The van der Waals surface area contributed by atoms with E-state index in [1.165, 1.54) is 0 Å². The molecular weight excluding hydrogens is 152 g/mol. The van der Waals surface area contributed by atoms with Gasteiger partial charge in [0.25, 0.3) is 0 Å². The molecule has 3 heteroatoms. The van der Waals surface area contributed by atoms with Crippen molar-refractivity contribution < 1.29 is 4.74 Å². The van der Waals surface area contributed by atoms with Crippen molar-refractivity contribution in [2.75, 3.05) is 6.61 Å². The number of nitrogens with zero attached hydrogens (tertiary/aromatic N) is 2. The van der Waals surface area contributed by atoms with Gasteiger partial charge in [-0.05, 0) is 34.1 Å². The van der Waals surface area contributed by atoms with E-state index in [4.69, 9.17) is 4.74 Å². The molecular formula is C9H18N2O. The molecule has 1 aliphatic rings. The van der Waals surface area contributed by atoms with Gasteiger partial charge in [0.1, 0.15) is 0 Å². The molecule has 1 aliphatic heterocycles. The highest BCUT2D eigenvalue weighted by Gasteiger charge is 2.29. The zero-order chi connectivity index (χ0) is 9.24. The van der Waals surface area contributed by atoms with E-state index in [9.17, 15) is 0 Å². The molecule has 3 nitrogen and oxygen atoms in total. The van der Waals surface area contributed by atoms with E-state index in [1.807, 2.05) is 27.7 Å². The summed E-state index contributed by atoms with van der Waals surface area (Å²) >= 11 is 0. The first kappa shape index (κ1) is 9.65. The summed E-state index contributed by atoms with van der Waals surface area (Å²) < 4.78 is 5.48. The van der Waals surface area contributed by atoms with Gasteiger partial charge in [-0.3, -0.25) is 0 Å². The summed E-state index contributed by atoms with van der Waals surface area (Å²) in [5.41, 5.74) is -0.428. The van der Waals surface area contributed by atoms with Crippen LogP contribution < -0.4 is 0 Å². The largest absolute Gasteiger partial charge is 0.352 e. The first-order chi connectivity index (χ1) is 5.41. The summed E-state index contributed by atoms with van der Waals surface area (Å²) in [7, 11) is 0. The normalized spacial score (nSPS) is 31.7. The van der Waals surface area contributed by atoms with Gasteiger partial charge in [0.15, 0.2) is 5.72 Å². The molecule has 1 heterocycles. The summed E-state index contributed by atoms with van der Waals surface area (Å²) in [5.74, 6) is 0. The highest BCUT2D eigenvalue weighted by Crippen LogP contribution is 2.27. The maximum atomic E-state index is 5.48. The Kier molecular flexibility index (Phi) is 2.52. The average molecular weight is 170 g/mol. The lowest BCUT2D eigenvalue weighted by molar-refractivity contribution is 0.0196. The van der Waals surface area contributed by atoms with Crippen LogP contribution in [0.5, 0.6) is 0 Å². The Balaban J connectivity index is 2.54. The fourth-order valence-electron chi connectivity index (χ4n) is 1.10. The molecule has 0 bridgehead atoms. The van der Waals surface area contributed by atoms with E-state index < -0.39 is 0 Å². The second kappa shape index (κ2) is 3.13. The van der Waals surface area contributed by atoms with Gasteiger partial charge < -0.3 is 4.74 Å². The second-order valence-electron chi connectivity index (χ2n) is 4.50. The Morgan fingerprint density at radius 1 is 1.33 bits per heavy atom. The first-order valence-electron chi connectivity index (χ1n) is 4.49. The van der Waals surface area contributed by atoms with Crippen LogP contribution in [0.4, 0.5) is 0 Å². The number of azo groups is 1. The lowest BCUT2D eigenvalue weighted by atomic mass is 10.1. The molecule has 0 aromatic rings. The minimum absolute atomic E-state index is 0.0883. The Morgan fingerprint density at radius 3 is 2.42 bits per heavy atom.